The fourth-order valence-corrected chi connectivity index (χ4v) is 4.95. The summed E-state index contributed by atoms with van der Waals surface area (Å²) >= 11 is 1.70. The molecule has 25 heavy (non-hydrogen) atoms. The van der Waals surface area contributed by atoms with Crippen molar-refractivity contribution in [3.05, 3.63) is 28.2 Å². The molecule has 3 aliphatic rings. The second-order valence-electron chi connectivity index (χ2n) is 7.79. The Hall–Kier alpha value is -1.24. The number of rotatable bonds is 3. The summed E-state index contributed by atoms with van der Waals surface area (Å²) in [6.07, 6.45) is 7.32. The molecule has 1 unspecified atom stereocenters. The Morgan fingerprint density at radius 2 is 2.32 bits per heavy atom. The van der Waals surface area contributed by atoms with Crippen molar-refractivity contribution in [1.29, 1.82) is 0 Å². The smallest absolute Gasteiger partial charge is 0.228 e. The minimum atomic E-state index is -0.237. The van der Waals surface area contributed by atoms with E-state index in [9.17, 15) is 4.79 Å². The highest BCUT2D eigenvalue weighted by Gasteiger charge is 2.45. The summed E-state index contributed by atoms with van der Waals surface area (Å²) in [6, 6.07) is 0.294. The second kappa shape index (κ2) is 6.82. The number of ether oxygens (including phenoxy) is 1. The van der Waals surface area contributed by atoms with Crippen LogP contribution in [0.2, 0.25) is 0 Å². The first kappa shape index (κ1) is 17.2. The Morgan fingerprint density at radius 3 is 3.04 bits per heavy atom. The van der Waals surface area contributed by atoms with E-state index in [1.54, 1.807) is 11.3 Å². The lowest BCUT2D eigenvalue weighted by Crippen LogP contribution is -2.50. The van der Waals surface area contributed by atoms with Gasteiger partial charge in [-0.05, 0) is 26.2 Å². The number of hydrogen-bond acceptors (Lipinski definition) is 5. The number of aromatic nitrogens is 1. The third-order valence-electron chi connectivity index (χ3n) is 5.85. The minimum Gasteiger partial charge on any atom is -0.373 e. The summed E-state index contributed by atoms with van der Waals surface area (Å²) in [5, 5.41) is 3.26. The molecule has 136 valence electrons. The molecule has 5 nitrogen and oxygen atoms in total. The quantitative estimate of drug-likeness (QED) is 0.777. The van der Waals surface area contributed by atoms with Crippen LogP contribution in [-0.4, -0.2) is 59.1 Å². The van der Waals surface area contributed by atoms with Gasteiger partial charge < -0.3 is 9.64 Å². The third-order valence-corrected chi connectivity index (χ3v) is 6.67. The number of carbonyl (C=O) groups excluding carboxylic acids is 1. The van der Waals surface area contributed by atoms with E-state index < -0.39 is 0 Å². The van der Waals surface area contributed by atoms with Gasteiger partial charge in [-0.15, -0.1) is 11.3 Å². The monoisotopic (exact) mass is 361 g/mol. The SMILES string of the molecule is Cc1nc(CN2CCO[C@H]3CN(C(=O)C4(C)CC=CCC4)C[C@H]32)cs1. The van der Waals surface area contributed by atoms with Gasteiger partial charge in [0.05, 0.1) is 34.9 Å². The van der Waals surface area contributed by atoms with Gasteiger partial charge in [0.25, 0.3) is 0 Å². The summed E-state index contributed by atoms with van der Waals surface area (Å²) < 4.78 is 6.01. The highest BCUT2D eigenvalue weighted by Crippen LogP contribution is 2.36. The van der Waals surface area contributed by atoms with Gasteiger partial charge in [-0.2, -0.15) is 0 Å². The molecule has 0 bridgehead atoms. The van der Waals surface area contributed by atoms with Gasteiger partial charge in [-0.3, -0.25) is 9.69 Å². The van der Waals surface area contributed by atoms with Crippen molar-refractivity contribution in [2.75, 3.05) is 26.2 Å². The molecule has 3 heterocycles. The van der Waals surface area contributed by atoms with E-state index in [0.29, 0.717) is 11.9 Å². The van der Waals surface area contributed by atoms with Crippen molar-refractivity contribution in [1.82, 2.24) is 14.8 Å². The first-order valence-electron chi connectivity index (χ1n) is 9.26. The molecular weight excluding hydrogens is 334 g/mol. The van der Waals surface area contributed by atoms with Crippen LogP contribution in [0.1, 0.15) is 36.9 Å². The van der Waals surface area contributed by atoms with Crippen molar-refractivity contribution in [3.63, 3.8) is 0 Å². The molecule has 6 heteroatoms. The van der Waals surface area contributed by atoms with E-state index in [4.69, 9.17) is 4.74 Å². The maximum absolute atomic E-state index is 13.1. The zero-order valence-electron chi connectivity index (χ0n) is 15.1. The van der Waals surface area contributed by atoms with Crippen LogP contribution in [-0.2, 0) is 16.1 Å². The zero-order chi connectivity index (χ0) is 17.4. The van der Waals surface area contributed by atoms with Gasteiger partial charge >= 0.3 is 0 Å². The first-order valence-corrected chi connectivity index (χ1v) is 10.1. The van der Waals surface area contributed by atoms with Crippen LogP contribution in [0, 0.1) is 12.3 Å². The van der Waals surface area contributed by atoms with Gasteiger partial charge in [0.2, 0.25) is 5.91 Å². The Labute approximate surface area is 153 Å². The molecule has 2 fully saturated rings. The maximum atomic E-state index is 13.1. The molecule has 1 aliphatic carbocycles. The van der Waals surface area contributed by atoms with E-state index >= 15 is 0 Å². The predicted molar refractivity (Wildman–Crippen MR) is 98.5 cm³/mol. The van der Waals surface area contributed by atoms with E-state index in [0.717, 1.165) is 62.7 Å². The van der Waals surface area contributed by atoms with Crippen LogP contribution in [0.4, 0.5) is 0 Å². The van der Waals surface area contributed by atoms with E-state index in [1.165, 1.54) is 0 Å². The number of hydrogen-bond donors (Lipinski definition) is 0. The molecule has 1 aromatic rings. The van der Waals surface area contributed by atoms with Crippen molar-refractivity contribution in [2.45, 2.75) is 51.8 Å². The van der Waals surface area contributed by atoms with Crippen LogP contribution >= 0.6 is 11.3 Å². The maximum Gasteiger partial charge on any atom is 0.228 e. The lowest BCUT2D eigenvalue weighted by molar-refractivity contribution is -0.141. The van der Waals surface area contributed by atoms with Crippen molar-refractivity contribution in [2.24, 2.45) is 5.41 Å². The Kier molecular flexibility index (Phi) is 4.69. The van der Waals surface area contributed by atoms with Crippen LogP contribution in [0.25, 0.3) is 0 Å². The molecule has 4 rings (SSSR count). The average molecular weight is 362 g/mol. The molecule has 0 saturated carbocycles. The highest BCUT2D eigenvalue weighted by molar-refractivity contribution is 7.09. The molecule has 2 aliphatic heterocycles. The number of thiazole rings is 1. The number of nitrogens with zero attached hydrogens (tertiary/aromatic N) is 3. The summed E-state index contributed by atoms with van der Waals surface area (Å²) in [5.41, 5.74) is 0.899. The lowest BCUT2D eigenvalue weighted by atomic mass is 9.78. The van der Waals surface area contributed by atoms with Gasteiger partial charge in [0.15, 0.2) is 0 Å². The van der Waals surface area contributed by atoms with Gasteiger partial charge in [-0.25, -0.2) is 4.98 Å². The first-order chi connectivity index (χ1) is 12.0. The van der Waals surface area contributed by atoms with Gasteiger partial charge in [-0.1, -0.05) is 19.1 Å². The number of allylic oxidation sites excluding steroid dienone is 2. The number of fused-ring (bicyclic) bond motifs is 1. The normalized spacial score (nSPS) is 32.8. The molecule has 1 amide bonds. The lowest BCUT2D eigenvalue weighted by Gasteiger charge is -2.36. The summed E-state index contributed by atoms with van der Waals surface area (Å²) in [5.74, 6) is 0.305. The number of amides is 1. The number of morpholine rings is 1. The summed E-state index contributed by atoms with van der Waals surface area (Å²) in [4.78, 5) is 22.3. The molecule has 3 atom stereocenters. The largest absolute Gasteiger partial charge is 0.373 e. The molecule has 0 N–H and O–H groups in total. The summed E-state index contributed by atoms with van der Waals surface area (Å²) in [6.45, 7) is 8.20. The number of aryl methyl sites for hydroxylation is 1. The van der Waals surface area contributed by atoms with Crippen molar-refractivity contribution < 1.29 is 9.53 Å². The van der Waals surface area contributed by atoms with Crippen LogP contribution < -0.4 is 0 Å². The van der Waals surface area contributed by atoms with Gasteiger partial charge in [0, 0.05) is 31.6 Å². The average Bonchev–Trinajstić information content (AvgIpc) is 3.21. The number of likely N-dealkylation sites (tertiary alicyclic amines) is 1. The van der Waals surface area contributed by atoms with Crippen molar-refractivity contribution in [3.8, 4) is 0 Å². The molecule has 2 saturated heterocycles. The highest BCUT2D eigenvalue weighted by atomic mass is 32.1. The van der Waals surface area contributed by atoms with Gasteiger partial charge in [0.1, 0.15) is 0 Å². The topological polar surface area (TPSA) is 45.7 Å². The molecule has 0 aromatic carbocycles. The zero-order valence-corrected chi connectivity index (χ0v) is 15.9. The van der Waals surface area contributed by atoms with E-state index in [1.807, 2.05) is 6.92 Å². The van der Waals surface area contributed by atoms with Crippen LogP contribution in [0.3, 0.4) is 0 Å². The second-order valence-corrected chi connectivity index (χ2v) is 8.85. The summed E-state index contributed by atoms with van der Waals surface area (Å²) in [7, 11) is 0. The molecule has 0 radical (unpaired) electrons. The van der Waals surface area contributed by atoms with E-state index in [-0.39, 0.29) is 11.5 Å². The Balaban J connectivity index is 1.45. The minimum absolute atomic E-state index is 0.139. The van der Waals surface area contributed by atoms with Crippen LogP contribution in [0.15, 0.2) is 17.5 Å². The van der Waals surface area contributed by atoms with E-state index in [2.05, 4.69) is 39.2 Å². The third kappa shape index (κ3) is 3.39. The molecule has 1 aromatic heterocycles. The van der Waals surface area contributed by atoms with Crippen LogP contribution in [0.5, 0.6) is 0 Å². The Morgan fingerprint density at radius 1 is 1.44 bits per heavy atom. The molecule has 0 spiro atoms. The fraction of sp³-hybridized carbons (Fsp3) is 0.684. The predicted octanol–water partition coefficient (Wildman–Crippen LogP) is 2.61. The molecular formula is C19H27N3O2S. The van der Waals surface area contributed by atoms with Crippen molar-refractivity contribution >= 4 is 17.2 Å². The Bertz CT molecular complexity index is 673. The fourth-order valence-electron chi connectivity index (χ4n) is 4.35. The standard InChI is InChI=1S/C19H27N3O2S/c1-14-20-15(13-25-14)10-21-8-9-24-17-12-22(11-16(17)21)18(23)19(2)6-4-3-5-7-19/h3-4,13,16-17H,5-12H2,1-2H3/t16-,17+,19?/m1/s1. The number of carbonyl (C=O) groups is 1.